The van der Waals surface area contributed by atoms with Crippen LogP contribution in [0.5, 0.6) is 0 Å². The van der Waals surface area contributed by atoms with E-state index in [1.54, 1.807) is 24.2 Å². The van der Waals surface area contributed by atoms with Crippen LogP contribution in [0.25, 0.3) is 0 Å². The average molecular weight is 192 g/mol. The number of nitrogens with zero attached hydrogens (tertiary/aromatic N) is 2. The van der Waals surface area contributed by atoms with Crippen LogP contribution in [-0.2, 0) is 0 Å². The van der Waals surface area contributed by atoms with E-state index < -0.39 is 0 Å². The number of rotatable bonds is 2. The molecule has 3 heteroatoms. The van der Waals surface area contributed by atoms with E-state index in [0.29, 0.717) is 5.25 Å². The van der Waals surface area contributed by atoms with Crippen LogP contribution in [0.3, 0.4) is 0 Å². The summed E-state index contributed by atoms with van der Waals surface area (Å²) in [6.45, 7) is 0. The lowest BCUT2D eigenvalue weighted by Crippen LogP contribution is -2.03. The molecule has 2 rings (SSSR count). The van der Waals surface area contributed by atoms with E-state index in [0.717, 1.165) is 5.16 Å². The van der Waals surface area contributed by atoms with Crippen molar-refractivity contribution < 1.29 is 0 Å². The van der Waals surface area contributed by atoms with Crippen molar-refractivity contribution in [2.75, 3.05) is 0 Å². The van der Waals surface area contributed by atoms with Gasteiger partial charge >= 0.3 is 0 Å². The van der Waals surface area contributed by atoms with Crippen LogP contribution in [0, 0.1) is 0 Å². The van der Waals surface area contributed by atoms with Gasteiger partial charge < -0.3 is 0 Å². The lowest BCUT2D eigenvalue weighted by Gasteiger charge is -2.13. The molecule has 0 radical (unpaired) electrons. The minimum absolute atomic E-state index is 0.580. The third kappa shape index (κ3) is 2.56. The molecule has 1 heterocycles. The van der Waals surface area contributed by atoms with E-state index in [1.807, 2.05) is 6.07 Å². The van der Waals surface area contributed by atoms with Crippen molar-refractivity contribution in [3.05, 3.63) is 30.6 Å². The minimum atomic E-state index is 0.580. The van der Waals surface area contributed by atoms with Crippen LogP contribution in [0.2, 0.25) is 0 Å². The number of thioether (sulfide) groups is 1. The van der Waals surface area contributed by atoms with Crippen LogP contribution in [0.15, 0.2) is 35.8 Å². The normalized spacial score (nSPS) is 21.7. The number of hydrogen-bond acceptors (Lipinski definition) is 3. The van der Waals surface area contributed by atoms with E-state index in [-0.39, 0.29) is 0 Å². The van der Waals surface area contributed by atoms with Gasteiger partial charge in [-0.05, 0) is 25.3 Å². The predicted octanol–water partition coefficient (Wildman–Crippen LogP) is 2.68. The zero-order chi connectivity index (χ0) is 8.93. The highest BCUT2D eigenvalue weighted by Gasteiger charge is 2.10. The first-order chi connectivity index (χ1) is 6.45. The number of hydrogen-bond donors (Lipinski definition) is 0. The molecule has 0 saturated carbocycles. The summed E-state index contributed by atoms with van der Waals surface area (Å²) in [6, 6.07) is 1.85. The van der Waals surface area contributed by atoms with Crippen molar-refractivity contribution in [1.29, 1.82) is 0 Å². The standard InChI is InChI=1S/C10H12N2S/c1-2-5-9(6-3-1)13-10-11-7-4-8-12-10/h2,4-5,7-9H,1,3,6H2/t9-/m1/s1. The Kier molecular flexibility index (Phi) is 2.98. The van der Waals surface area contributed by atoms with Crippen molar-refractivity contribution in [2.24, 2.45) is 0 Å². The van der Waals surface area contributed by atoms with E-state index in [2.05, 4.69) is 22.1 Å². The van der Waals surface area contributed by atoms with Gasteiger partial charge in [-0.2, -0.15) is 0 Å². The van der Waals surface area contributed by atoms with Gasteiger partial charge in [0.15, 0.2) is 5.16 Å². The quantitative estimate of drug-likeness (QED) is 0.532. The zero-order valence-corrected chi connectivity index (χ0v) is 8.20. The Morgan fingerprint density at radius 1 is 1.31 bits per heavy atom. The van der Waals surface area contributed by atoms with E-state index >= 15 is 0 Å². The highest BCUT2D eigenvalue weighted by atomic mass is 32.2. The third-order valence-corrected chi connectivity index (χ3v) is 3.13. The lowest BCUT2D eigenvalue weighted by atomic mass is 10.1. The molecular formula is C10H12N2S. The third-order valence-electron chi connectivity index (χ3n) is 2.01. The Morgan fingerprint density at radius 3 is 2.85 bits per heavy atom. The molecule has 1 aliphatic carbocycles. The molecule has 0 aromatic carbocycles. The SMILES string of the molecule is C1=C[C@@H](Sc2ncccn2)CCC1. The number of allylic oxidation sites excluding steroid dienone is 1. The Hall–Kier alpha value is -0.830. The summed E-state index contributed by atoms with van der Waals surface area (Å²) in [6.07, 6.45) is 11.9. The van der Waals surface area contributed by atoms with Gasteiger partial charge in [-0.1, -0.05) is 23.9 Å². The molecule has 0 N–H and O–H groups in total. The molecule has 0 bridgehead atoms. The molecule has 68 valence electrons. The van der Waals surface area contributed by atoms with Crippen LogP contribution in [0.4, 0.5) is 0 Å². The Morgan fingerprint density at radius 2 is 2.15 bits per heavy atom. The Balaban J connectivity index is 1.98. The average Bonchev–Trinajstić information content (AvgIpc) is 2.21. The van der Waals surface area contributed by atoms with Crippen molar-refractivity contribution in [1.82, 2.24) is 9.97 Å². The molecule has 0 unspecified atom stereocenters. The van der Waals surface area contributed by atoms with E-state index in [9.17, 15) is 0 Å². The number of aromatic nitrogens is 2. The fourth-order valence-electron chi connectivity index (χ4n) is 1.36. The zero-order valence-electron chi connectivity index (χ0n) is 7.39. The van der Waals surface area contributed by atoms with E-state index in [1.165, 1.54) is 19.3 Å². The van der Waals surface area contributed by atoms with Gasteiger partial charge in [0.2, 0.25) is 0 Å². The summed E-state index contributed by atoms with van der Waals surface area (Å²) in [5, 5.41) is 1.47. The molecule has 1 aliphatic rings. The molecule has 0 amide bonds. The fourth-order valence-corrected chi connectivity index (χ4v) is 2.35. The fraction of sp³-hybridized carbons (Fsp3) is 0.400. The van der Waals surface area contributed by atoms with Gasteiger partial charge in [-0.3, -0.25) is 0 Å². The van der Waals surface area contributed by atoms with Gasteiger partial charge in [0.05, 0.1) is 0 Å². The maximum atomic E-state index is 4.19. The van der Waals surface area contributed by atoms with Crippen LogP contribution >= 0.6 is 11.8 Å². The van der Waals surface area contributed by atoms with Gasteiger partial charge in [0.1, 0.15) is 0 Å². The molecule has 0 spiro atoms. The highest BCUT2D eigenvalue weighted by molar-refractivity contribution is 7.99. The summed E-state index contributed by atoms with van der Waals surface area (Å²) in [7, 11) is 0. The highest BCUT2D eigenvalue weighted by Crippen LogP contribution is 2.26. The summed E-state index contributed by atoms with van der Waals surface area (Å²) < 4.78 is 0. The maximum Gasteiger partial charge on any atom is 0.188 e. The van der Waals surface area contributed by atoms with Crippen LogP contribution < -0.4 is 0 Å². The summed E-state index contributed by atoms with van der Waals surface area (Å²) in [4.78, 5) is 8.38. The van der Waals surface area contributed by atoms with Crippen molar-refractivity contribution in [3.63, 3.8) is 0 Å². The molecule has 1 aromatic heterocycles. The molecule has 0 fully saturated rings. The molecular weight excluding hydrogens is 180 g/mol. The van der Waals surface area contributed by atoms with Crippen molar-refractivity contribution in [2.45, 2.75) is 29.7 Å². The Labute approximate surface area is 82.5 Å². The topological polar surface area (TPSA) is 25.8 Å². The summed E-state index contributed by atoms with van der Waals surface area (Å²) >= 11 is 1.76. The van der Waals surface area contributed by atoms with Gasteiger partial charge in [0.25, 0.3) is 0 Å². The molecule has 2 nitrogen and oxygen atoms in total. The van der Waals surface area contributed by atoms with Crippen molar-refractivity contribution >= 4 is 11.8 Å². The summed E-state index contributed by atoms with van der Waals surface area (Å²) in [5.74, 6) is 0. The van der Waals surface area contributed by atoms with Crippen LogP contribution in [0.1, 0.15) is 19.3 Å². The molecule has 1 atom stereocenters. The molecule has 0 aliphatic heterocycles. The first kappa shape index (κ1) is 8.75. The second-order valence-electron chi connectivity index (χ2n) is 3.05. The molecule has 1 aromatic rings. The maximum absolute atomic E-state index is 4.19. The summed E-state index contributed by atoms with van der Waals surface area (Å²) in [5.41, 5.74) is 0. The predicted molar refractivity (Wildman–Crippen MR) is 54.7 cm³/mol. The van der Waals surface area contributed by atoms with Gasteiger partial charge in [0, 0.05) is 17.6 Å². The smallest absolute Gasteiger partial charge is 0.188 e. The van der Waals surface area contributed by atoms with Crippen LogP contribution in [-0.4, -0.2) is 15.2 Å². The second kappa shape index (κ2) is 4.42. The first-order valence-corrected chi connectivity index (χ1v) is 5.43. The van der Waals surface area contributed by atoms with Gasteiger partial charge in [-0.25, -0.2) is 9.97 Å². The minimum Gasteiger partial charge on any atom is -0.231 e. The molecule has 0 saturated heterocycles. The van der Waals surface area contributed by atoms with Crippen molar-refractivity contribution in [3.8, 4) is 0 Å². The molecule has 13 heavy (non-hydrogen) atoms. The van der Waals surface area contributed by atoms with Gasteiger partial charge in [-0.15, -0.1) is 0 Å². The first-order valence-electron chi connectivity index (χ1n) is 4.55. The largest absolute Gasteiger partial charge is 0.231 e. The second-order valence-corrected chi connectivity index (χ2v) is 4.25. The van der Waals surface area contributed by atoms with E-state index in [4.69, 9.17) is 0 Å². The Bertz CT molecular complexity index is 284. The lowest BCUT2D eigenvalue weighted by molar-refractivity contribution is 0.738. The monoisotopic (exact) mass is 192 g/mol.